The Kier molecular flexibility index (Phi) is 3.12. The lowest BCUT2D eigenvalue weighted by Gasteiger charge is -2.03. The van der Waals surface area contributed by atoms with E-state index in [4.69, 9.17) is 16.3 Å². The second-order valence-electron chi connectivity index (χ2n) is 2.91. The second kappa shape index (κ2) is 4.72. The lowest BCUT2D eigenvalue weighted by Crippen LogP contribution is -2.09. The number of carbonyl (C=O) groups excluding carboxylic acids is 1. The molecule has 0 radical (unpaired) electrons. The molecule has 1 aromatic heterocycles. The quantitative estimate of drug-likeness (QED) is 0.749. The van der Waals surface area contributed by atoms with Crippen molar-refractivity contribution in [3.8, 4) is 5.88 Å². The van der Waals surface area contributed by atoms with Crippen molar-refractivity contribution in [2.24, 2.45) is 0 Å². The predicted molar refractivity (Wildman–Crippen MR) is 58.4 cm³/mol. The third-order valence-electron chi connectivity index (χ3n) is 1.82. The van der Waals surface area contributed by atoms with E-state index in [2.05, 4.69) is 9.97 Å². The molecule has 0 aliphatic rings. The van der Waals surface area contributed by atoms with Crippen LogP contribution in [0.1, 0.15) is 10.4 Å². The Hall–Kier alpha value is -1.94. The van der Waals surface area contributed by atoms with Crippen molar-refractivity contribution in [1.29, 1.82) is 0 Å². The summed E-state index contributed by atoms with van der Waals surface area (Å²) in [5.74, 6) is -0.499. The SMILES string of the molecule is O=C(Oc1nccnc1Cl)c1ccccc1. The molecule has 4 nitrogen and oxygen atoms in total. The maximum absolute atomic E-state index is 11.6. The first kappa shape index (κ1) is 10.6. The van der Waals surface area contributed by atoms with E-state index in [0.29, 0.717) is 5.56 Å². The van der Waals surface area contributed by atoms with Gasteiger partial charge in [-0.15, -0.1) is 0 Å². The molecular formula is C11H7ClN2O2. The lowest BCUT2D eigenvalue weighted by atomic mass is 10.2. The highest BCUT2D eigenvalue weighted by Gasteiger charge is 2.11. The van der Waals surface area contributed by atoms with Gasteiger partial charge in [0.05, 0.1) is 5.56 Å². The fourth-order valence-electron chi connectivity index (χ4n) is 1.10. The molecule has 0 unspecified atom stereocenters. The van der Waals surface area contributed by atoms with Crippen molar-refractivity contribution in [2.45, 2.75) is 0 Å². The van der Waals surface area contributed by atoms with E-state index in [1.807, 2.05) is 6.07 Å². The molecule has 5 heteroatoms. The Balaban J connectivity index is 2.18. The van der Waals surface area contributed by atoms with Crippen LogP contribution in [0.3, 0.4) is 0 Å². The van der Waals surface area contributed by atoms with E-state index in [9.17, 15) is 4.79 Å². The van der Waals surface area contributed by atoms with Crippen LogP contribution in [0, 0.1) is 0 Å². The zero-order valence-electron chi connectivity index (χ0n) is 8.13. The van der Waals surface area contributed by atoms with Crippen LogP contribution < -0.4 is 4.74 Å². The molecule has 1 heterocycles. The first-order valence-electron chi connectivity index (χ1n) is 4.51. The number of carbonyl (C=O) groups is 1. The molecule has 80 valence electrons. The topological polar surface area (TPSA) is 52.1 Å². The Bertz CT molecular complexity index is 502. The molecule has 0 fully saturated rings. The molecule has 1 aromatic carbocycles. The molecule has 0 amide bonds. The molecular weight excluding hydrogens is 228 g/mol. The lowest BCUT2D eigenvalue weighted by molar-refractivity contribution is 0.0727. The number of esters is 1. The number of ether oxygens (including phenoxy) is 1. The molecule has 0 spiro atoms. The number of benzene rings is 1. The molecule has 0 aliphatic heterocycles. The third-order valence-corrected chi connectivity index (χ3v) is 2.08. The van der Waals surface area contributed by atoms with E-state index in [1.54, 1.807) is 24.3 Å². The van der Waals surface area contributed by atoms with Crippen molar-refractivity contribution in [2.75, 3.05) is 0 Å². The van der Waals surface area contributed by atoms with Crippen LogP contribution in [-0.4, -0.2) is 15.9 Å². The summed E-state index contributed by atoms with van der Waals surface area (Å²) >= 11 is 5.70. The average Bonchev–Trinajstić information content (AvgIpc) is 2.33. The molecule has 2 rings (SSSR count). The monoisotopic (exact) mass is 234 g/mol. The maximum atomic E-state index is 11.6. The standard InChI is InChI=1S/C11H7ClN2O2/c12-9-10(14-7-6-13-9)16-11(15)8-4-2-1-3-5-8/h1-7H. The number of halogens is 1. The van der Waals surface area contributed by atoms with Crippen LogP contribution >= 0.6 is 11.6 Å². The first-order chi connectivity index (χ1) is 7.77. The van der Waals surface area contributed by atoms with Crippen LogP contribution in [0.2, 0.25) is 5.15 Å². The Labute approximate surface area is 96.9 Å². The third kappa shape index (κ3) is 2.35. The Morgan fingerprint density at radius 2 is 1.81 bits per heavy atom. The molecule has 16 heavy (non-hydrogen) atoms. The highest BCUT2D eigenvalue weighted by Crippen LogP contribution is 2.18. The van der Waals surface area contributed by atoms with Crippen LogP contribution in [0.5, 0.6) is 5.88 Å². The van der Waals surface area contributed by atoms with E-state index >= 15 is 0 Å². The van der Waals surface area contributed by atoms with Gasteiger partial charge >= 0.3 is 5.97 Å². The number of hydrogen-bond donors (Lipinski definition) is 0. The smallest absolute Gasteiger partial charge is 0.344 e. The summed E-state index contributed by atoms with van der Waals surface area (Å²) < 4.78 is 4.99. The second-order valence-corrected chi connectivity index (χ2v) is 3.27. The van der Waals surface area contributed by atoms with Crippen LogP contribution in [-0.2, 0) is 0 Å². The molecule has 2 aromatic rings. The average molecular weight is 235 g/mol. The summed E-state index contributed by atoms with van der Waals surface area (Å²) in [5.41, 5.74) is 0.434. The zero-order valence-corrected chi connectivity index (χ0v) is 8.89. The minimum absolute atomic E-state index is 0.0121. The van der Waals surface area contributed by atoms with Crippen LogP contribution in [0.25, 0.3) is 0 Å². The van der Waals surface area contributed by atoms with Crippen molar-refractivity contribution in [3.05, 3.63) is 53.4 Å². The zero-order chi connectivity index (χ0) is 11.4. The highest BCUT2D eigenvalue weighted by molar-refractivity contribution is 6.30. The van der Waals surface area contributed by atoms with Crippen molar-refractivity contribution < 1.29 is 9.53 Å². The van der Waals surface area contributed by atoms with Crippen molar-refractivity contribution >= 4 is 17.6 Å². The highest BCUT2D eigenvalue weighted by atomic mass is 35.5. The minimum Gasteiger partial charge on any atom is -0.400 e. The fraction of sp³-hybridized carbons (Fsp3) is 0. The van der Waals surface area contributed by atoms with Gasteiger partial charge in [-0.05, 0) is 12.1 Å². The number of nitrogens with zero attached hydrogens (tertiary/aromatic N) is 2. The summed E-state index contributed by atoms with van der Waals surface area (Å²) in [6.07, 6.45) is 2.82. The van der Waals surface area contributed by atoms with Gasteiger partial charge in [-0.25, -0.2) is 14.8 Å². The largest absolute Gasteiger partial charge is 0.400 e. The van der Waals surface area contributed by atoms with Gasteiger partial charge in [0.2, 0.25) is 0 Å². The number of aromatic nitrogens is 2. The van der Waals surface area contributed by atoms with Crippen molar-refractivity contribution in [3.63, 3.8) is 0 Å². The van der Waals surface area contributed by atoms with Gasteiger partial charge in [-0.3, -0.25) is 0 Å². The molecule has 0 saturated heterocycles. The molecule has 0 bridgehead atoms. The molecule has 0 aliphatic carbocycles. The summed E-state index contributed by atoms with van der Waals surface area (Å²) in [4.78, 5) is 19.2. The summed E-state index contributed by atoms with van der Waals surface area (Å²) in [6, 6.07) is 8.59. The molecule has 0 N–H and O–H groups in total. The van der Waals surface area contributed by atoms with Gasteiger partial charge in [0.15, 0.2) is 5.15 Å². The Morgan fingerprint density at radius 1 is 1.12 bits per heavy atom. The number of hydrogen-bond acceptors (Lipinski definition) is 4. The maximum Gasteiger partial charge on any atom is 0.344 e. The first-order valence-corrected chi connectivity index (χ1v) is 4.89. The van der Waals surface area contributed by atoms with E-state index in [1.165, 1.54) is 12.4 Å². The predicted octanol–water partition coefficient (Wildman–Crippen LogP) is 2.35. The van der Waals surface area contributed by atoms with E-state index < -0.39 is 5.97 Å². The van der Waals surface area contributed by atoms with Crippen LogP contribution in [0.15, 0.2) is 42.7 Å². The number of rotatable bonds is 2. The van der Waals surface area contributed by atoms with E-state index in [-0.39, 0.29) is 11.0 Å². The Morgan fingerprint density at radius 3 is 2.50 bits per heavy atom. The van der Waals surface area contributed by atoms with E-state index in [0.717, 1.165) is 0 Å². The van der Waals surface area contributed by atoms with Gasteiger partial charge < -0.3 is 4.74 Å². The minimum atomic E-state index is -0.511. The van der Waals surface area contributed by atoms with Gasteiger partial charge in [-0.2, -0.15) is 0 Å². The van der Waals surface area contributed by atoms with Gasteiger partial charge in [0.1, 0.15) is 0 Å². The molecule has 0 atom stereocenters. The summed E-state index contributed by atoms with van der Waals surface area (Å²) in [6.45, 7) is 0. The summed E-state index contributed by atoms with van der Waals surface area (Å²) in [7, 11) is 0. The van der Waals surface area contributed by atoms with Gasteiger partial charge in [0.25, 0.3) is 5.88 Å². The fourth-order valence-corrected chi connectivity index (χ4v) is 1.24. The van der Waals surface area contributed by atoms with Gasteiger partial charge in [-0.1, -0.05) is 29.8 Å². The van der Waals surface area contributed by atoms with Crippen molar-refractivity contribution in [1.82, 2.24) is 9.97 Å². The molecule has 0 saturated carbocycles. The summed E-state index contributed by atoms with van der Waals surface area (Å²) in [5, 5.41) is 0.0618. The van der Waals surface area contributed by atoms with Crippen LogP contribution in [0.4, 0.5) is 0 Å². The van der Waals surface area contributed by atoms with Gasteiger partial charge in [0, 0.05) is 12.4 Å². The normalized spacial score (nSPS) is 9.81.